The van der Waals surface area contributed by atoms with E-state index in [0.29, 0.717) is 22.1 Å². The van der Waals surface area contributed by atoms with Gasteiger partial charge in [0.2, 0.25) is 5.91 Å². The van der Waals surface area contributed by atoms with E-state index in [1.807, 2.05) is 25.1 Å². The topological polar surface area (TPSA) is 58.6 Å². The summed E-state index contributed by atoms with van der Waals surface area (Å²) >= 11 is 5.95. The molecule has 1 N–H and O–H groups in total. The predicted molar refractivity (Wildman–Crippen MR) is 93.7 cm³/mol. The molecule has 6 heteroatoms. The number of fused-ring (bicyclic) bond motifs is 1. The van der Waals surface area contributed by atoms with E-state index in [4.69, 9.17) is 16.3 Å². The van der Waals surface area contributed by atoms with Gasteiger partial charge in [-0.15, -0.1) is 0 Å². The number of para-hydroxylation sites is 2. The molecule has 0 aliphatic carbocycles. The van der Waals surface area contributed by atoms with Gasteiger partial charge in [0.1, 0.15) is 5.75 Å². The first kappa shape index (κ1) is 16.3. The van der Waals surface area contributed by atoms with E-state index in [2.05, 4.69) is 5.32 Å². The van der Waals surface area contributed by atoms with Crippen LogP contribution in [0.15, 0.2) is 42.5 Å². The monoisotopic (exact) mass is 344 g/mol. The lowest BCUT2D eigenvalue weighted by Gasteiger charge is -2.31. The predicted octanol–water partition coefficient (Wildman–Crippen LogP) is 3.40. The van der Waals surface area contributed by atoms with Crippen LogP contribution in [0.4, 0.5) is 11.4 Å². The van der Waals surface area contributed by atoms with Gasteiger partial charge in [0.25, 0.3) is 5.91 Å². The molecule has 2 amide bonds. The second-order valence-corrected chi connectivity index (χ2v) is 6.12. The Bertz CT molecular complexity index is 807. The van der Waals surface area contributed by atoms with Crippen molar-refractivity contribution in [1.82, 2.24) is 0 Å². The van der Waals surface area contributed by atoms with Crippen LogP contribution in [0.25, 0.3) is 0 Å². The van der Waals surface area contributed by atoms with E-state index in [1.165, 1.54) is 4.90 Å². The molecule has 0 radical (unpaired) electrons. The largest absolute Gasteiger partial charge is 0.478 e. The van der Waals surface area contributed by atoms with Gasteiger partial charge in [-0.1, -0.05) is 29.8 Å². The summed E-state index contributed by atoms with van der Waals surface area (Å²) in [6.07, 6.45) is -0.909. The number of likely N-dealkylation sites (N-methyl/N-ethyl adjacent to an activating group) is 1. The molecule has 1 unspecified atom stereocenters. The van der Waals surface area contributed by atoms with Crippen LogP contribution >= 0.6 is 11.6 Å². The van der Waals surface area contributed by atoms with E-state index < -0.39 is 6.10 Å². The Labute approximate surface area is 145 Å². The third-order valence-corrected chi connectivity index (χ3v) is 4.18. The minimum Gasteiger partial charge on any atom is -0.478 e. The van der Waals surface area contributed by atoms with Gasteiger partial charge in [0, 0.05) is 17.8 Å². The van der Waals surface area contributed by atoms with E-state index in [0.717, 1.165) is 5.56 Å². The number of nitrogens with one attached hydrogen (secondary N) is 1. The van der Waals surface area contributed by atoms with E-state index in [1.54, 1.807) is 31.3 Å². The lowest BCUT2D eigenvalue weighted by atomic mass is 10.1. The van der Waals surface area contributed by atoms with Crippen molar-refractivity contribution >= 4 is 34.8 Å². The van der Waals surface area contributed by atoms with Crippen molar-refractivity contribution in [2.45, 2.75) is 19.4 Å². The standard InChI is InChI=1S/C18H17ClN2O3/c1-11-7-8-12(19)9-13(11)20-17(22)10-16-18(23)21(2)14-5-3-4-6-15(14)24-16/h3-9,16H,10H2,1-2H3,(H,20,22). The Hall–Kier alpha value is -2.53. The molecule has 5 nitrogen and oxygen atoms in total. The first-order valence-corrected chi connectivity index (χ1v) is 7.93. The molecular formula is C18H17ClN2O3. The Morgan fingerprint density at radius 2 is 2.04 bits per heavy atom. The van der Waals surface area contributed by atoms with Crippen molar-refractivity contribution in [2.24, 2.45) is 0 Å². The normalized spacial score (nSPS) is 16.4. The maximum absolute atomic E-state index is 12.4. The molecule has 0 spiro atoms. The van der Waals surface area contributed by atoms with Crippen LogP contribution in [0.1, 0.15) is 12.0 Å². The summed E-state index contributed by atoms with van der Waals surface area (Å²) in [6, 6.07) is 12.5. The zero-order valence-electron chi connectivity index (χ0n) is 13.4. The summed E-state index contributed by atoms with van der Waals surface area (Å²) in [6.45, 7) is 1.87. The van der Waals surface area contributed by atoms with Gasteiger partial charge in [-0.05, 0) is 36.8 Å². The number of ether oxygens (including phenoxy) is 1. The van der Waals surface area contributed by atoms with E-state index >= 15 is 0 Å². The fraction of sp³-hybridized carbons (Fsp3) is 0.222. The van der Waals surface area contributed by atoms with Crippen LogP contribution in [-0.4, -0.2) is 25.0 Å². The SMILES string of the molecule is Cc1ccc(Cl)cc1NC(=O)CC1Oc2ccccc2N(C)C1=O. The lowest BCUT2D eigenvalue weighted by Crippen LogP contribution is -2.45. The second kappa shape index (κ2) is 6.53. The van der Waals surface area contributed by atoms with Gasteiger partial charge in [0.15, 0.2) is 6.10 Å². The fourth-order valence-corrected chi connectivity index (χ4v) is 2.77. The van der Waals surface area contributed by atoms with Gasteiger partial charge in [-0.3, -0.25) is 9.59 Å². The molecule has 0 bridgehead atoms. The molecule has 2 aromatic carbocycles. The summed E-state index contributed by atoms with van der Waals surface area (Å²) in [5, 5.41) is 3.32. The van der Waals surface area contributed by atoms with Crippen molar-refractivity contribution in [3.8, 4) is 5.75 Å². The number of amides is 2. The third kappa shape index (κ3) is 3.21. The molecular weight excluding hydrogens is 328 g/mol. The number of hydrogen-bond acceptors (Lipinski definition) is 3. The first-order chi connectivity index (χ1) is 11.5. The summed E-state index contributed by atoms with van der Waals surface area (Å²) in [7, 11) is 1.68. The van der Waals surface area contributed by atoms with Gasteiger partial charge in [-0.25, -0.2) is 0 Å². The number of nitrogens with zero attached hydrogens (tertiary/aromatic N) is 1. The third-order valence-electron chi connectivity index (χ3n) is 3.95. The molecule has 0 aromatic heterocycles. The van der Waals surface area contributed by atoms with Crippen molar-refractivity contribution in [3.63, 3.8) is 0 Å². The Kier molecular flexibility index (Phi) is 4.44. The van der Waals surface area contributed by atoms with Gasteiger partial charge >= 0.3 is 0 Å². The average molecular weight is 345 g/mol. The fourth-order valence-electron chi connectivity index (χ4n) is 2.60. The average Bonchev–Trinajstić information content (AvgIpc) is 2.56. The highest BCUT2D eigenvalue weighted by Gasteiger charge is 2.33. The smallest absolute Gasteiger partial charge is 0.268 e. The second-order valence-electron chi connectivity index (χ2n) is 5.68. The molecule has 1 aliphatic heterocycles. The van der Waals surface area contributed by atoms with Crippen molar-refractivity contribution < 1.29 is 14.3 Å². The minimum atomic E-state index is -0.843. The molecule has 1 aliphatic rings. The summed E-state index contributed by atoms with van der Waals surface area (Å²) in [5.74, 6) is 0.0505. The summed E-state index contributed by atoms with van der Waals surface area (Å²) < 4.78 is 5.70. The van der Waals surface area contributed by atoms with Crippen LogP contribution in [0.5, 0.6) is 5.75 Å². The number of rotatable bonds is 3. The molecule has 1 atom stereocenters. The minimum absolute atomic E-state index is 0.0660. The highest BCUT2D eigenvalue weighted by Crippen LogP contribution is 2.33. The van der Waals surface area contributed by atoms with E-state index in [-0.39, 0.29) is 18.2 Å². The summed E-state index contributed by atoms with van der Waals surface area (Å²) in [4.78, 5) is 26.2. The lowest BCUT2D eigenvalue weighted by molar-refractivity contribution is -0.130. The number of hydrogen-bond donors (Lipinski definition) is 1. The van der Waals surface area contributed by atoms with Crippen molar-refractivity contribution in [3.05, 3.63) is 53.1 Å². The molecule has 0 saturated carbocycles. The van der Waals surface area contributed by atoms with Gasteiger partial charge < -0.3 is 15.0 Å². The highest BCUT2D eigenvalue weighted by molar-refractivity contribution is 6.31. The maximum Gasteiger partial charge on any atom is 0.268 e. The molecule has 124 valence electrons. The number of carbonyl (C=O) groups excluding carboxylic acids is 2. The molecule has 1 heterocycles. The quantitative estimate of drug-likeness (QED) is 0.928. The Balaban J connectivity index is 1.73. The van der Waals surface area contributed by atoms with Crippen LogP contribution in [-0.2, 0) is 9.59 Å². The zero-order valence-corrected chi connectivity index (χ0v) is 14.1. The van der Waals surface area contributed by atoms with Crippen LogP contribution < -0.4 is 15.0 Å². The number of benzene rings is 2. The van der Waals surface area contributed by atoms with Crippen LogP contribution in [0, 0.1) is 6.92 Å². The van der Waals surface area contributed by atoms with Crippen LogP contribution in [0.2, 0.25) is 5.02 Å². The molecule has 3 rings (SSSR count). The van der Waals surface area contributed by atoms with E-state index in [9.17, 15) is 9.59 Å². The molecule has 0 fully saturated rings. The number of halogens is 1. The molecule has 0 saturated heterocycles. The summed E-state index contributed by atoms with van der Waals surface area (Å²) in [5.41, 5.74) is 2.22. The highest BCUT2D eigenvalue weighted by atomic mass is 35.5. The first-order valence-electron chi connectivity index (χ1n) is 7.55. The number of carbonyl (C=O) groups is 2. The number of aryl methyl sites for hydroxylation is 1. The Morgan fingerprint density at radius 3 is 2.83 bits per heavy atom. The molecule has 2 aromatic rings. The molecule has 24 heavy (non-hydrogen) atoms. The zero-order chi connectivity index (χ0) is 17.3. The van der Waals surface area contributed by atoms with Crippen LogP contribution in [0.3, 0.4) is 0 Å². The number of anilines is 2. The van der Waals surface area contributed by atoms with Gasteiger partial charge in [-0.2, -0.15) is 0 Å². The van der Waals surface area contributed by atoms with Crippen molar-refractivity contribution in [2.75, 3.05) is 17.3 Å². The van der Waals surface area contributed by atoms with Crippen molar-refractivity contribution in [1.29, 1.82) is 0 Å². The Morgan fingerprint density at radius 1 is 1.29 bits per heavy atom. The van der Waals surface area contributed by atoms with Gasteiger partial charge in [0.05, 0.1) is 12.1 Å². The maximum atomic E-state index is 12.4.